The van der Waals surface area contributed by atoms with E-state index in [4.69, 9.17) is 15.2 Å². The maximum absolute atomic E-state index is 11.5. The van der Waals surface area contributed by atoms with Crippen molar-refractivity contribution in [3.05, 3.63) is 0 Å². The molecule has 1 aliphatic rings. The van der Waals surface area contributed by atoms with E-state index in [0.717, 1.165) is 0 Å². The summed E-state index contributed by atoms with van der Waals surface area (Å²) in [7, 11) is 1.56. The summed E-state index contributed by atoms with van der Waals surface area (Å²) in [5, 5.41) is 12.5. The minimum atomic E-state index is -0.934. The van der Waals surface area contributed by atoms with Gasteiger partial charge >= 0.3 is 0 Å². The lowest BCUT2D eigenvalue weighted by molar-refractivity contribution is -0.124. The normalized spacial score (nSPS) is 26.7. The topological polar surface area (TPSA) is 93.8 Å². The Kier molecular flexibility index (Phi) is 5.14. The van der Waals surface area contributed by atoms with Crippen LogP contribution in [0.5, 0.6) is 0 Å². The van der Waals surface area contributed by atoms with E-state index >= 15 is 0 Å². The third kappa shape index (κ3) is 4.05. The molecule has 0 aliphatic carbocycles. The summed E-state index contributed by atoms with van der Waals surface area (Å²) in [6.07, 6.45) is 1.01. The zero-order valence-electron chi connectivity index (χ0n) is 9.57. The van der Waals surface area contributed by atoms with E-state index in [1.807, 2.05) is 0 Å². The third-order valence-electron chi connectivity index (χ3n) is 2.64. The van der Waals surface area contributed by atoms with Gasteiger partial charge in [-0.05, 0) is 6.42 Å². The number of carbonyl (C=O) groups excluding carboxylic acids is 1. The Morgan fingerprint density at radius 1 is 1.75 bits per heavy atom. The Labute approximate surface area is 95.1 Å². The maximum Gasteiger partial charge on any atom is 0.237 e. The number of hydrogen-bond acceptors (Lipinski definition) is 5. The summed E-state index contributed by atoms with van der Waals surface area (Å²) in [5.74, 6) is -0.266. The monoisotopic (exact) mass is 232 g/mol. The molecule has 0 saturated carbocycles. The fourth-order valence-corrected chi connectivity index (χ4v) is 1.49. The Hall–Kier alpha value is -0.690. The lowest BCUT2D eigenvalue weighted by Gasteiger charge is -2.21. The number of ether oxygens (including phenoxy) is 2. The van der Waals surface area contributed by atoms with E-state index in [2.05, 4.69) is 5.32 Å². The summed E-state index contributed by atoms with van der Waals surface area (Å²) in [5.41, 5.74) is 4.69. The SMILES string of the molecule is COCCC(N)C(=O)NCC1(O)CCOC1. The van der Waals surface area contributed by atoms with Crippen LogP contribution < -0.4 is 11.1 Å². The summed E-state index contributed by atoms with van der Waals surface area (Å²) in [6, 6.07) is -0.592. The van der Waals surface area contributed by atoms with Crippen LogP contribution in [-0.2, 0) is 14.3 Å². The minimum Gasteiger partial charge on any atom is -0.386 e. The first-order valence-electron chi connectivity index (χ1n) is 5.40. The van der Waals surface area contributed by atoms with Crippen molar-refractivity contribution < 1.29 is 19.4 Å². The van der Waals surface area contributed by atoms with Crippen LogP contribution in [0.2, 0.25) is 0 Å². The molecule has 1 rings (SSSR count). The highest BCUT2D eigenvalue weighted by atomic mass is 16.5. The molecule has 1 aliphatic heterocycles. The molecule has 1 heterocycles. The zero-order valence-corrected chi connectivity index (χ0v) is 9.57. The molecular weight excluding hydrogens is 212 g/mol. The van der Waals surface area contributed by atoms with E-state index in [1.54, 1.807) is 7.11 Å². The maximum atomic E-state index is 11.5. The van der Waals surface area contributed by atoms with Crippen molar-refractivity contribution >= 4 is 5.91 Å². The average Bonchev–Trinajstić information content (AvgIpc) is 2.70. The first-order chi connectivity index (χ1) is 7.57. The van der Waals surface area contributed by atoms with Crippen LogP contribution in [0.4, 0.5) is 0 Å². The molecule has 0 aromatic carbocycles. The van der Waals surface area contributed by atoms with Crippen LogP contribution in [0.15, 0.2) is 0 Å². The molecule has 4 N–H and O–H groups in total. The number of nitrogens with one attached hydrogen (secondary N) is 1. The second-order valence-corrected chi connectivity index (χ2v) is 4.13. The number of rotatable bonds is 6. The molecule has 16 heavy (non-hydrogen) atoms. The Bertz CT molecular complexity index is 229. The smallest absolute Gasteiger partial charge is 0.237 e. The largest absolute Gasteiger partial charge is 0.386 e. The molecule has 0 aromatic rings. The van der Waals surface area contributed by atoms with Gasteiger partial charge in [0, 0.05) is 33.3 Å². The summed E-state index contributed by atoms with van der Waals surface area (Å²) < 4.78 is 9.90. The van der Waals surface area contributed by atoms with Crippen molar-refractivity contribution in [3.63, 3.8) is 0 Å². The number of methoxy groups -OCH3 is 1. The van der Waals surface area contributed by atoms with Gasteiger partial charge in [-0.25, -0.2) is 0 Å². The molecule has 6 heteroatoms. The van der Waals surface area contributed by atoms with Crippen molar-refractivity contribution in [1.82, 2.24) is 5.32 Å². The van der Waals surface area contributed by atoms with E-state index < -0.39 is 11.6 Å². The molecule has 0 radical (unpaired) electrons. The van der Waals surface area contributed by atoms with Crippen molar-refractivity contribution in [2.24, 2.45) is 5.73 Å². The van der Waals surface area contributed by atoms with Gasteiger partial charge in [0.2, 0.25) is 5.91 Å². The van der Waals surface area contributed by atoms with Gasteiger partial charge < -0.3 is 25.6 Å². The second-order valence-electron chi connectivity index (χ2n) is 4.13. The molecule has 94 valence electrons. The number of carbonyl (C=O) groups is 1. The van der Waals surface area contributed by atoms with Crippen LogP contribution in [0.1, 0.15) is 12.8 Å². The fourth-order valence-electron chi connectivity index (χ4n) is 1.49. The lowest BCUT2D eigenvalue weighted by atomic mass is 10.0. The molecule has 0 spiro atoms. The van der Waals surface area contributed by atoms with Crippen molar-refractivity contribution in [3.8, 4) is 0 Å². The van der Waals surface area contributed by atoms with Crippen LogP contribution in [-0.4, -0.2) is 56.1 Å². The third-order valence-corrected chi connectivity index (χ3v) is 2.64. The molecule has 0 bridgehead atoms. The summed E-state index contributed by atoms with van der Waals surface area (Å²) in [4.78, 5) is 11.5. The lowest BCUT2D eigenvalue weighted by Crippen LogP contribution is -2.48. The molecule has 0 aromatic heterocycles. The number of amides is 1. The molecular formula is C10H20N2O4. The Morgan fingerprint density at radius 3 is 3.06 bits per heavy atom. The van der Waals surface area contributed by atoms with Gasteiger partial charge in [-0.2, -0.15) is 0 Å². The van der Waals surface area contributed by atoms with Crippen molar-refractivity contribution in [2.45, 2.75) is 24.5 Å². The molecule has 6 nitrogen and oxygen atoms in total. The van der Waals surface area contributed by atoms with Crippen LogP contribution in [0.25, 0.3) is 0 Å². The second kappa shape index (κ2) is 6.15. The van der Waals surface area contributed by atoms with Gasteiger partial charge in [-0.15, -0.1) is 0 Å². The van der Waals surface area contributed by atoms with Crippen molar-refractivity contribution in [2.75, 3.05) is 33.5 Å². The first-order valence-corrected chi connectivity index (χ1v) is 5.40. The summed E-state index contributed by atoms with van der Waals surface area (Å²) >= 11 is 0. The van der Waals surface area contributed by atoms with E-state index in [1.165, 1.54) is 0 Å². The van der Waals surface area contributed by atoms with E-state index in [9.17, 15) is 9.90 Å². The van der Waals surface area contributed by atoms with Crippen LogP contribution >= 0.6 is 0 Å². The highest BCUT2D eigenvalue weighted by Gasteiger charge is 2.32. The van der Waals surface area contributed by atoms with Gasteiger partial charge in [0.15, 0.2) is 0 Å². The fraction of sp³-hybridized carbons (Fsp3) is 0.900. The minimum absolute atomic E-state index is 0.187. The van der Waals surface area contributed by atoms with Gasteiger partial charge in [0.1, 0.15) is 5.60 Å². The predicted octanol–water partition coefficient (Wildman–Crippen LogP) is -1.38. The Morgan fingerprint density at radius 2 is 2.50 bits per heavy atom. The number of aliphatic hydroxyl groups is 1. The average molecular weight is 232 g/mol. The highest BCUT2D eigenvalue weighted by Crippen LogP contribution is 2.16. The van der Waals surface area contributed by atoms with Gasteiger partial charge in [-0.1, -0.05) is 0 Å². The first kappa shape index (κ1) is 13.4. The van der Waals surface area contributed by atoms with Gasteiger partial charge in [0.05, 0.1) is 12.6 Å². The number of hydrogen-bond donors (Lipinski definition) is 3. The standard InChI is InChI=1S/C10H20N2O4/c1-15-4-2-8(11)9(13)12-6-10(14)3-5-16-7-10/h8,14H,2-7,11H2,1H3,(H,12,13). The predicted molar refractivity (Wildman–Crippen MR) is 57.9 cm³/mol. The van der Waals surface area contributed by atoms with E-state index in [-0.39, 0.29) is 19.1 Å². The molecule has 2 unspecified atom stereocenters. The van der Waals surface area contributed by atoms with Crippen LogP contribution in [0.3, 0.4) is 0 Å². The van der Waals surface area contributed by atoms with Crippen molar-refractivity contribution in [1.29, 1.82) is 0 Å². The quantitative estimate of drug-likeness (QED) is 0.524. The zero-order chi connectivity index (χ0) is 12.0. The highest BCUT2D eigenvalue weighted by molar-refractivity contribution is 5.81. The summed E-state index contributed by atoms with van der Waals surface area (Å²) in [6.45, 7) is 1.43. The molecule has 2 atom stereocenters. The van der Waals surface area contributed by atoms with Crippen LogP contribution in [0, 0.1) is 0 Å². The van der Waals surface area contributed by atoms with Gasteiger partial charge in [-0.3, -0.25) is 4.79 Å². The Balaban J connectivity index is 2.23. The molecule has 1 amide bonds. The molecule has 1 saturated heterocycles. The molecule has 1 fully saturated rings. The van der Waals surface area contributed by atoms with E-state index in [0.29, 0.717) is 26.1 Å². The number of nitrogens with two attached hydrogens (primary N) is 1. The van der Waals surface area contributed by atoms with Gasteiger partial charge in [0.25, 0.3) is 0 Å².